The fourth-order valence-electron chi connectivity index (χ4n) is 4.90. The third kappa shape index (κ3) is 5.35. The third-order valence-corrected chi connectivity index (χ3v) is 6.74. The Morgan fingerprint density at radius 3 is 2.77 bits per heavy atom. The Kier molecular flexibility index (Phi) is 7.85. The molecule has 0 saturated heterocycles. The number of ether oxygens (including phenoxy) is 4. The molecule has 2 aromatic heterocycles. The van der Waals surface area contributed by atoms with Gasteiger partial charge in [-0.1, -0.05) is 23.7 Å². The van der Waals surface area contributed by atoms with E-state index in [-0.39, 0.29) is 17.4 Å². The quantitative estimate of drug-likeness (QED) is 0.262. The molecule has 0 aliphatic carbocycles. The van der Waals surface area contributed by atoms with Gasteiger partial charge in [-0.05, 0) is 43.7 Å². The highest BCUT2D eigenvalue weighted by Crippen LogP contribution is 2.47. The highest BCUT2D eigenvalue weighted by Gasteiger charge is 2.34. The SMILES string of the molecule is CCOC(=O)Cc1ncn(CC[C@H]2O[C@H](c3cccc(OC)c3OC)c3cc(Cl)cc(F)c3-n3cccc32)n1. The predicted molar refractivity (Wildman–Crippen MR) is 141 cm³/mol. The number of fused-ring (bicyclic) bond motifs is 3. The number of hydrogen-bond acceptors (Lipinski definition) is 7. The van der Waals surface area contributed by atoms with E-state index >= 15 is 4.39 Å². The monoisotopic (exact) mass is 554 g/mol. The summed E-state index contributed by atoms with van der Waals surface area (Å²) >= 11 is 6.34. The van der Waals surface area contributed by atoms with E-state index in [4.69, 9.17) is 30.5 Å². The van der Waals surface area contributed by atoms with Crippen LogP contribution < -0.4 is 9.47 Å². The van der Waals surface area contributed by atoms with E-state index in [0.717, 1.165) is 5.69 Å². The molecular formula is C28H28ClFN4O5. The number of rotatable bonds is 9. The van der Waals surface area contributed by atoms with Gasteiger partial charge in [0, 0.05) is 28.9 Å². The summed E-state index contributed by atoms with van der Waals surface area (Å²) in [6.07, 6.45) is 2.66. The van der Waals surface area contributed by atoms with Crippen LogP contribution in [0.15, 0.2) is 55.0 Å². The molecule has 0 fully saturated rings. The molecule has 0 bridgehead atoms. The van der Waals surface area contributed by atoms with E-state index in [2.05, 4.69) is 10.1 Å². The molecule has 0 N–H and O–H groups in total. The fourth-order valence-corrected chi connectivity index (χ4v) is 5.11. The number of hydrogen-bond donors (Lipinski definition) is 0. The normalized spacial score (nSPS) is 16.2. The average molecular weight is 555 g/mol. The van der Waals surface area contributed by atoms with Crippen molar-refractivity contribution in [1.82, 2.24) is 19.3 Å². The number of aromatic nitrogens is 4. The minimum Gasteiger partial charge on any atom is -0.493 e. The molecule has 39 heavy (non-hydrogen) atoms. The average Bonchev–Trinajstić information content (AvgIpc) is 3.55. The number of esters is 1. The van der Waals surface area contributed by atoms with E-state index in [9.17, 15) is 4.79 Å². The lowest BCUT2D eigenvalue weighted by Gasteiger charge is -2.25. The maximum Gasteiger partial charge on any atom is 0.313 e. The van der Waals surface area contributed by atoms with Gasteiger partial charge in [0.2, 0.25) is 0 Å². The second-order valence-corrected chi connectivity index (χ2v) is 9.35. The molecule has 9 nitrogen and oxygen atoms in total. The smallest absolute Gasteiger partial charge is 0.313 e. The van der Waals surface area contributed by atoms with Gasteiger partial charge in [0.05, 0.1) is 32.2 Å². The summed E-state index contributed by atoms with van der Waals surface area (Å²) in [5.74, 6) is 0.544. The first kappa shape index (κ1) is 26.7. The molecule has 11 heteroatoms. The molecule has 2 aromatic carbocycles. The van der Waals surface area contributed by atoms with Gasteiger partial charge in [0.25, 0.3) is 0 Å². The lowest BCUT2D eigenvalue weighted by Crippen LogP contribution is -2.14. The number of methoxy groups -OCH3 is 2. The van der Waals surface area contributed by atoms with Crippen molar-refractivity contribution in [2.75, 3.05) is 20.8 Å². The molecule has 1 aliphatic heterocycles. The second-order valence-electron chi connectivity index (χ2n) is 8.91. The van der Waals surface area contributed by atoms with Crippen LogP contribution in [0.1, 0.15) is 48.2 Å². The Labute approximate surface area is 230 Å². The maximum absolute atomic E-state index is 15.5. The number of benzene rings is 2. The molecule has 0 spiro atoms. The van der Waals surface area contributed by atoms with Crippen LogP contribution in [0.5, 0.6) is 11.5 Å². The van der Waals surface area contributed by atoms with E-state index in [0.29, 0.717) is 53.7 Å². The molecule has 3 heterocycles. The predicted octanol–water partition coefficient (Wildman–Crippen LogP) is 5.24. The summed E-state index contributed by atoms with van der Waals surface area (Å²) in [6, 6.07) is 12.3. The van der Waals surface area contributed by atoms with Crippen molar-refractivity contribution in [2.24, 2.45) is 0 Å². The minimum atomic E-state index is -0.724. The Morgan fingerprint density at radius 1 is 1.15 bits per heavy atom. The molecule has 0 radical (unpaired) electrons. The zero-order valence-corrected chi connectivity index (χ0v) is 22.5. The van der Waals surface area contributed by atoms with Crippen molar-refractivity contribution >= 4 is 17.6 Å². The van der Waals surface area contributed by atoms with Crippen molar-refractivity contribution < 1.29 is 28.1 Å². The molecule has 0 saturated carbocycles. The van der Waals surface area contributed by atoms with Crippen LogP contribution in [0.3, 0.4) is 0 Å². The molecule has 2 atom stereocenters. The summed E-state index contributed by atoms with van der Waals surface area (Å²) in [6.45, 7) is 2.48. The number of halogens is 2. The molecule has 0 amide bonds. The van der Waals surface area contributed by atoms with Crippen molar-refractivity contribution in [3.8, 4) is 17.2 Å². The standard InChI is InChI=1S/C28H28ClFN4O5/c1-4-38-25(35)15-24-31-16-33(32-24)12-10-22-21-8-6-11-34(21)26-19(13-17(29)14-20(26)30)27(39-22)18-7-5-9-23(36-2)28(18)37-3/h5-9,11,13-14,16,22,27H,4,10,12,15H2,1-3H3/t22-,27-/m1/s1. The van der Waals surface area contributed by atoms with Crippen molar-refractivity contribution in [3.05, 3.63) is 88.5 Å². The highest BCUT2D eigenvalue weighted by molar-refractivity contribution is 6.30. The first-order chi connectivity index (χ1) is 18.9. The van der Waals surface area contributed by atoms with Gasteiger partial charge >= 0.3 is 5.97 Å². The summed E-state index contributed by atoms with van der Waals surface area (Å²) in [5, 5.41) is 4.66. The first-order valence-electron chi connectivity index (χ1n) is 12.5. The van der Waals surface area contributed by atoms with Crippen LogP contribution in [-0.2, 0) is 27.2 Å². The van der Waals surface area contributed by atoms with E-state index in [1.165, 1.54) is 6.07 Å². The van der Waals surface area contributed by atoms with Crippen molar-refractivity contribution in [2.45, 2.75) is 38.5 Å². The van der Waals surface area contributed by atoms with Crippen molar-refractivity contribution in [1.29, 1.82) is 0 Å². The molecule has 5 rings (SSSR count). The third-order valence-electron chi connectivity index (χ3n) is 6.52. The summed E-state index contributed by atoms with van der Waals surface area (Å²) in [7, 11) is 3.11. The largest absolute Gasteiger partial charge is 0.493 e. The van der Waals surface area contributed by atoms with Crippen LogP contribution in [0.4, 0.5) is 4.39 Å². The highest BCUT2D eigenvalue weighted by atomic mass is 35.5. The lowest BCUT2D eigenvalue weighted by molar-refractivity contribution is -0.142. The summed E-state index contributed by atoms with van der Waals surface area (Å²) in [4.78, 5) is 16.0. The van der Waals surface area contributed by atoms with Crippen LogP contribution in [0.2, 0.25) is 5.02 Å². The lowest BCUT2D eigenvalue weighted by atomic mass is 9.98. The van der Waals surface area contributed by atoms with Crippen LogP contribution in [0.25, 0.3) is 5.69 Å². The van der Waals surface area contributed by atoms with Crippen LogP contribution in [-0.4, -0.2) is 46.1 Å². The molecule has 0 unspecified atom stereocenters. The Balaban J connectivity index is 1.52. The molecule has 1 aliphatic rings. The van der Waals surface area contributed by atoms with E-state index in [1.807, 2.05) is 24.3 Å². The number of carbonyl (C=O) groups excluding carboxylic acids is 1. The zero-order valence-electron chi connectivity index (χ0n) is 21.8. The Bertz CT molecular complexity index is 1490. The summed E-state index contributed by atoms with van der Waals surface area (Å²) < 4.78 is 42.0. The van der Waals surface area contributed by atoms with Crippen LogP contribution in [0, 0.1) is 5.82 Å². The van der Waals surface area contributed by atoms with Gasteiger partial charge in [-0.2, -0.15) is 5.10 Å². The summed E-state index contributed by atoms with van der Waals surface area (Å²) in [5.41, 5.74) is 2.36. The van der Waals surface area contributed by atoms with Crippen LogP contribution >= 0.6 is 11.6 Å². The van der Waals surface area contributed by atoms with Crippen molar-refractivity contribution in [3.63, 3.8) is 0 Å². The van der Waals surface area contributed by atoms with Gasteiger partial charge in [0.1, 0.15) is 30.8 Å². The fraction of sp³-hybridized carbons (Fsp3) is 0.321. The first-order valence-corrected chi connectivity index (χ1v) is 12.9. The number of para-hydroxylation sites is 1. The van der Waals surface area contributed by atoms with Gasteiger partial charge in [-0.3, -0.25) is 9.48 Å². The van der Waals surface area contributed by atoms with Gasteiger partial charge in [-0.25, -0.2) is 9.37 Å². The minimum absolute atomic E-state index is 0.00330. The van der Waals surface area contributed by atoms with Gasteiger partial charge < -0.3 is 23.5 Å². The number of nitrogens with zero attached hydrogens (tertiary/aromatic N) is 4. The second kappa shape index (κ2) is 11.5. The topological polar surface area (TPSA) is 89.6 Å². The zero-order chi connectivity index (χ0) is 27.5. The van der Waals surface area contributed by atoms with Gasteiger partial charge in [-0.15, -0.1) is 0 Å². The van der Waals surface area contributed by atoms with E-state index in [1.54, 1.807) is 55.0 Å². The number of aryl methyl sites for hydroxylation is 1. The Hall–Kier alpha value is -3.89. The van der Waals surface area contributed by atoms with Gasteiger partial charge in [0.15, 0.2) is 17.3 Å². The Morgan fingerprint density at radius 2 is 2.00 bits per heavy atom. The number of carbonyl (C=O) groups is 1. The maximum atomic E-state index is 15.5. The van der Waals surface area contributed by atoms with E-state index < -0.39 is 18.0 Å². The molecule has 204 valence electrons. The molecule has 4 aromatic rings. The molecular weight excluding hydrogens is 527 g/mol.